The molecule has 1 amide bonds. The van der Waals surface area contributed by atoms with Crippen LogP contribution in [0.2, 0.25) is 0 Å². The fourth-order valence-electron chi connectivity index (χ4n) is 3.84. The maximum absolute atomic E-state index is 12.1. The van der Waals surface area contributed by atoms with Gasteiger partial charge in [0.05, 0.1) is 13.1 Å². The molecule has 0 atom stereocenters. The molecule has 2 aromatic heterocycles. The van der Waals surface area contributed by atoms with Crippen LogP contribution in [-0.4, -0.2) is 84.0 Å². The van der Waals surface area contributed by atoms with Crippen LogP contribution in [0.15, 0.2) is 39.3 Å². The number of piperazine rings is 1. The van der Waals surface area contributed by atoms with Crippen LogP contribution in [0.1, 0.15) is 18.1 Å². The Balaban J connectivity index is 1.29. The van der Waals surface area contributed by atoms with Crippen molar-refractivity contribution < 1.29 is 18.5 Å². The van der Waals surface area contributed by atoms with Gasteiger partial charge in [-0.3, -0.25) is 14.6 Å². The van der Waals surface area contributed by atoms with Gasteiger partial charge in [-0.25, -0.2) is 0 Å². The minimum atomic E-state index is 0.0550. The summed E-state index contributed by atoms with van der Waals surface area (Å²) in [6.45, 7) is 7.41. The molecule has 1 aliphatic rings. The van der Waals surface area contributed by atoms with Crippen molar-refractivity contribution >= 4 is 5.91 Å². The first-order chi connectivity index (χ1) is 16.1. The van der Waals surface area contributed by atoms with E-state index in [2.05, 4.69) is 30.5 Å². The van der Waals surface area contributed by atoms with Crippen LogP contribution in [0.4, 0.5) is 0 Å². The minimum Gasteiger partial charge on any atom is -0.419 e. The van der Waals surface area contributed by atoms with Crippen LogP contribution in [0, 0.1) is 6.92 Å². The number of ether oxygens (including phenoxy) is 1. The van der Waals surface area contributed by atoms with E-state index in [0.717, 1.165) is 43.7 Å². The van der Waals surface area contributed by atoms with Gasteiger partial charge in [0.1, 0.15) is 17.0 Å². The summed E-state index contributed by atoms with van der Waals surface area (Å²) in [5.74, 6) is 1.65. The second kappa shape index (κ2) is 11.2. The Morgan fingerprint density at radius 1 is 1.12 bits per heavy atom. The molecule has 3 heterocycles. The second-order valence-electron chi connectivity index (χ2n) is 8.08. The van der Waals surface area contributed by atoms with Gasteiger partial charge in [-0.1, -0.05) is 35.5 Å². The van der Waals surface area contributed by atoms with Gasteiger partial charge in [-0.05, 0) is 13.3 Å². The van der Waals surface area contributed by atoms with Crippen LogP contribution in [0.5, 0.6) is 0 Å². The average Bonchev–Trinajstić information content (AvgIpc) is 3.44. The number of carbonyl (C=O) groups is 1. The molecule has 1 fully saturated rings. The van der Waals surface area contributed by atoms with Crippen LogP contribution >= 0.6 is 0 Å². The lowest BCUT2D eigenvalue weighted by Crippen LogP contribution is -2.49. The predicted molar refractivity (Wildman–Crippen MR) is 121 cm³/mol. The van der Waals surface area contributed by atoms with Crippen molar-refractivity contribution in [2.24, 2.45) is 0 Å². The SMILES string of the molecule is COCCCNC(=O)CN1CCN(Cc2nnc(-c3c(-c4ccccc4)noc3C)o2)CC1. The van der Waals surface area contributed by atoms with Crippen molar-refractivity contribution in [3.05, 3.63) is 42.0 Å². The lowest BCUT2D eigenvalue weighted by Gasteiger charge is -2.33. The van der Waals surface area contributed by atoms with Crippen LogP contribution in [-0.2, 0) is 16.1 Å². The van der Waals surface area contributed by atoms with Crippen molar-refractivity contribution in [2.45, 2.75) is 19.9 Å². The van der Waals surface area contributed by atoms with Crippen molar-refractivity contribution in [3.63, 3.8) is 0 Å². The molecule has 0 aliphatic carbocycles. The van der Waals surface area contributed by atoms with Gasteiger partial charge >= 0.3 is 0 Å². The molecule has 1 saturated heterocycles. The Labute approximate surface area is 192 Å². The largest absolute Gasteiger partial charge is 0.419 e. The molecule has 0 radical (unpaired) electrons. The number of carbonyl (C=O) groups excluding carboxylic acids is 1. The topological polar surface area (TPSA) is 110 Å². The Morgan fingerprint density at radius 2 is 1.88 bits per heavy atom. The van der Waals surface area contributed by atoms with Gasteiger partial charge in [0.2, 0.25) is 11.8 Å². The van der Waals surface area contributed by atoms with E-state index in [1.807, 2.05) is 37.3 Å². The highest BCUT2D eigenvalue weighted by Gasteiger charge is 2.24. The summed E-state index contributed by atoms with van der Waals surface area (Å²) < 4.78 is 16.4. The molecule has 10 nitrogen and oxygen atoms in total. The van der Waals surface area contributed by atoms with E-state index < -0.39 is 0 Å². The van der Waals surface area contributed by atoms with E-state index in [4.69, 9.17) is 13.7 Å². The molecule has 4 rings (SSSR count). The molecular formula is C23H30N6O4. The number of benzene rings is 1. The van der Waals surface area contributed by atoms with Crippen LogP contribution < -0.4 is 5.32 Å². The van der Waals surface area contributed by atoms with E-state index in [0.29, 0.717) is 49.5 Å². The third-order valence-electron chi connectivity index (χ3n) is 5.63. The number of aromatic nitrogens is 3. The van der Waals surface area contributed by atoms with Crippen molar-refractivity contribution in [1.82, 2.24) is 30.5 Å². The maximum Gasteiger partial charge on any atom is 0.253 e. The lowest BCUT2D eigenvalue weighted by molar-refractivity contribution is -0.122. The summed E-state index contributed by atoms with van der Waals surface area (Å²) in [5, 5.41) is 15.6. The number of amides is 1. The number of aryl methyl sites for hydroxylation is 1. The Kier molecular flexibility index (Phi) is 7.82. The Bertz CT molecular complexity index is 1030. The molecule has 1 aromatic carbocycles. The number of nitrogens with zero attached hydrogens (tertiary/aromatic N) is 5. The van der Waals surface area contributed by atoms with Gasteiger partial charge in [-0.15, -0.1) is 10.2 Å². The maximum atomic E-state index is 12.1. The standard InChI is InChI=1S/C23H30N6O4/c1-17-21(22(27-33-17)18-7-4-3-5-8-18)23-26-25-20(32-23)16-29-12-10-28(11-13-29)15-19(30)24-9-6-14-31-2/h3-5,7-8H,6,9-16H2,1-2H3,(H,24,30). The van der Waals surface area contributed by atoms with E-state index in [9.17, 15) is 4.79 Å². The second-order valence-corrected chi connectivity index (χ2v) is 8.08. The first kappa shape index (κ1) is 23.1. The molecule has 1 aliphatic heterocycles. The van der Waals surface area contributed by atoms with Gasteiger partial charge in [0, 0.05) is 52.0 Å². The third kappa shape index (κ3) is 6.04. The summed E-state index contributed by atoms with van der Waals surface area (Å²) in [7, 11) is 1.66. The normalized spacial score (nSPS) is 15.1. The minimum absolute atomic E-state index is 0.0550. The van der Waals surface area contributed by atoms with Crippen LogP contribution in [0.25, 0.3) is 22.7 Å². The summed E-state index contributed by atoms with van der Waals surface area (Å²) in [4.78, 5) is 16.5. The summed E-state index contributed by atoms with van der Waals surface area (Å²) in [5.41, 5.74) is 2.35. The smallest absolute Gasteiger partial charge is 0.253 e. The van der Waals surface area contributed by atoms with Gasteiger partial charge in [0.15, 0.2) is 0 Å². The fourth-order valence-corrected chi connectivity index (χ4v) is 3.84. The van der Waals surface area contributed by atoms with E-state index in [1.165, 1.54) is 0 Å². The summed E-state index contributed by atoms with van der Waals surface area (Å²) in [6, 6.07) is 9.80. The molecule has 176 valence electrons. The number of hydrogen-bond donors (Lipinski definition) is 1. The van der Waals surface area contributed by atoms with Gasteiger partial charge in [0.25, 0.3) is 5.89 Å². The van der Waals surface area contributed by atoms with E-state index in [1.54, 1.807) is 7.11 Å². The number of methoxy groups -OCH3 is 1. The van der Waals surface area contributed by atoms with Crippen LogP contribution in [0.3, 0.4) is 0 Å². The zero-order chi connectivity index (χ0) is 23.0. The van der Waals surface area contributed by atoms with Crippen molar-refractivity contribution in [2.75, 3.05) is 53.0 Å². The van der Waals surface area contributed by atoms with Crippen molar-refractivity contribution in [1.29, 1.82) is 0 Å². The fraction of sp³-hybridized carbons (Fsp3) is 0.478. The predicted octanol–water partition coefficient (Wildman–Crippen LogP) is 1.97. The number of rotatable bonds is 10. The first-order valence-electron chi connectivity index (χ1n) is 11.2. The average molecular weight is 455 g/mol. The molecule has 3 aromatic rings. The highest BCUT2D eigenvalue weighted by molar-refractivity contribution is 5.78. The zero-order valence-electron chi connectivity index (χ0n) is 19.1. The lowest BCUT2D eigenvalue weighted by atomic mass is 10.1. The summed E-state index contributed by atoms with van der Waals surface area (Å²) >= 11 is 0. The number of nitrogens with one attached hydrogen (secondary N) is 1. The molecule has 33 heavy (non-hydrogen) atoms. The third-order valence-corrected chi connectivity index (χ3v) is 5.63. The monoisotopic (exact) mass is 454 g/mol. The molecule has 0 spiro atoms. The zero-order valence-corrected chi connectivity index (χ0v) is 19.1. The van der Waals surface area contributed by atoms with Crippen molar-refractivity contribution in [3.8, 4) is 22.7 Å². The molecular weight excluding hydrogens is 424 g/mol. The highest BCUT2D eigenvalue weighted by Crippen LogP contribution is 2.33. The molecule has 0 saturated carbocycles. The van der Waals surface area contributed by atoms with E-state index >= 15 is 0 Å². The van der Waals surface area contributed by atoms with Gasteiger partial charge < -0.3 is 19.0 Å². The number of hydrogen-bond acceptors (Lipinski definition) is 9. The summed E-state index contributed by atoms with van der Waals surface area (Å²) in [6.07, 6.45) is 0.823. The highest BCUT2D eigenvalue weighted by atomic mass is 16.5. The first-order valence-corrected chi connectivity index (χ1v) is 11.2. The molecule has 0 unspecified atom stereocenters. The molecule has 10 heteroatoms. The Hall–Kier alpha value is -3.08. The molecule has 0 bridgehead atoms. The van der Waals surface area contributed by atoms with E-state index in [-0.39, 0.29) is 5.91 Å². The quantitative estimate of drug-likeness (QED) is 0.460. The molecule has 1 N–H and O–H groups in total. The van der Waals surface area contributed by atoms with Gasteiger partial charge in [-0.2, -0.15) is 0 Å². The Morgan fingerprint density at radius 3 is 2.64 bits per heavy atom.